The Labute approximate surface area is 187 Å². The van der Waals surface area contributed by atoms with Gasteiger partial charge in [0.05, 0.1) is 16.2 Å². The molecule has 0 fully saturated rings. The maximum atomic E-state index is 13.0. The summed E-state index contributed by atoms with van der Waals surface area (Å²) in [7, 11) is 0. The summed E-state index contributed by atoms with van der Waals surface area (Å²) < 4.78 is 2.46. The van der Waals surface area contributed by atoms with E-state index in [0.717, 1.165) is 10.9 Å². The largest absolute Gasteiger partial charge is 0.326 e. The first-order chi connectivity index (χ1) is 14.3. The first kappa shape index (κ1) is 22.2. The van der Waals surface area contributed by atoms with Crippen molar-refractivity contribution in [1.82, 2.24) is 9.55 Å². The SMILES string of the molecule is CCCn1c(SC(C)C(=O)c2ccc(NC(C)=O)cc2)nc2ccc(Br)cc2c1=O. The van der Waals surface area contributed by atoms with Gasteiger partial charge in [-0.1, -0.05) is 34.6 Å². The van der Waals surface area contributed by atoms with Crippen LogP contribution in [0.4, 0.5) is 5.69 Å². The zero-order valence-electron chi connectivity index (χ0n) is 16.9. The van der Waals surface area contributed by atoms with Crippen molar-refractivity contribution in [3.8, 4) is 0 Å². The van der Waals surface area contributed by atoms with E-state index >= 15 is 0 Å². The third kappa shape index (κ3) is 4.99. The average molecular weight is 488 g/mol. The molecule has 0 saturated heterocycles. The van der Waals surface area contributed by atoms with E-state index in [9.17, 15) is 14.4 Å². The smallest absolute Gasteiger partial charge is 0.262 e. The van der Waals surface area contributed by atoms with Gasteiger partial charge in [-0.15, -0.1) is 0 Å². The van der Waals surface area contributed by atoms with Gasteiger partial charge in [-0.05, 0) is 55.8 Å². The number of carbonyl (C=O) groups excluding carboxylic acids is 2. The van der Waals surface area contributed by atoms with Crippen LogP contribution in [0.2, 0.25) is 0 Å². The van der Waals surface area contributed by atoms with Gasteiger partial charge >= 0.3 is 0 Å². The molecule has 6 nitrogen and oxygen atoms in total. The highest BCUT2D eigenvalue weighted by Gasteiger charge is 2.20. The zero-order valence-corrected chi connectivity index (χ0v) is 19.3. The van der Waals surface area contributed by atoms with Gasteiger partial charge < -0.3 is 5.32 Å². The molecular formula is C22H22BrN3O3S. The summed E-state index contributed by atoms with van der Waals surface area (Å²) in [6, 6.07) is 12.2. The minimum atomic E-state index is -0.431. The predicted octanol–water partition coefficient (Wildman–Crippen LogP) is 4.89. The number of hydrogen-bond donors (Lipinski definition) is 1. The number of fused-ring (bicyclic) bond motifs is 1. The number of hydrogen-bond acceptors (Lipinski definition) is 5. The monoisotopic (exact) mass is 487 g/mol. The predicted molar refractivity (Wildman–Crippen MR) is 124 cm³/mol. The van der Waals surface area contributed by atoms with Gasteiger partial charge in [0, 0.05) is 29.2 Å². The lowest BCUT2D eigenvalue weighted by atomic mass is 10.1. The molecule has 1 atom stereocenters. The number of benzene rings is 2. The molecule has 0 aliphatic rings. The van der Waals surface area contributed by atoms with Crippen LogP contribution in [0.5, 0.6) is 0 Å². The molecule has 0 bridgehead atoms. The van der Waals surface area contributed by atoms with Crippen molar-refractivity contribution in [3.05, 3.63) is 62.9 Å². The number of aromatic nitrogens is 2. The maximum Gasteiger partial charge on any atom is 0.262 e. The van der Waals surface area contributed by atoms with Gasteiger partial charge in [0.2, 0.25) is 5.91 Å². The van der Waals surface area contributed by atoms with Crippen LogP contribution in [-0.4, -0.2) is 26.5 Å². The van der Waals surface area contributed by atoms with Crippen LogP contribution in [0.3, 0.4) is 0 Å². The van der Waals surface area contributed by atoms with Gasteiger partial charge in [0.25, 0.3) is 5.56 Å². The van der Waals surface area contributed by atoms with Crippen molar-refractivity contribution in [2.45, 2.75) is 44.1 Å². The van der Waals surface area contributed by atoms with Crippen LogP contribution in [0.15, 0.2) is 56.9 Å². The van der Waals surface area contributed by atoms with Gasteiger partial charge in [0.1, 0.15) is 0 Å². The molecule has 8 heteroatoms. The van der Waals surface area contributed by atoms with Crippen molar-refractivity contribution in [2.75, 3.05) is 5.32 Å². The van der Waals surface area contributed by atoms with E-state index in [1.54, 1.807) is 41.0 Å². The van der Waals surface area contributed by atoms with Crippen LogP contribution in [0.1, 0.15) is 37.6 Å². The molecule has 0 aliphatic carbocycles. The van der Waals surface area contributed by atoms with E-state index < -0.39 is 5.25 Å². The van der Waals surface area contributed by atoms with E-state index in [-0.39, 0.29) is 17.2 Å². The molecule has 2 aromatic carbocycles. The molecule has 156 valence electrons. The number of thioether (sulfide) groups is 1. The Hall–Kier alpha value is -2.45. The summed E-state index contributed by atoms with van der Waals surface area (Å²) in [5.74, 6) is -0.233. The van der Waals surface area contributed by atoms with E-state index in [1.165, 1.54) is 18.7 Å². The quantitative estimate of drug-likeness (QED) is 0.291. The zero-order chi connectivity index (χ0) is 21.8. The summed E-state index contributed by atoms with van der Waals surface area (Å²) in [4.78, 5) is 41.7. The second-order valence-electron chi connectivity index (χ2n) is 6.90. The lowest BCUT2D eigenvalue weighted by Gasteiger charge is -2.16. The third-order valence-electron chi connectivity index (χ3n) is 4.47. The topological polar surface area (TPSA) is 81.1 Å². The van der Waals surface area contributed by atoms with Gasteiger partial charge in [-0.2, -0.15) is 0 Å². The number of halogens is 1. The number of nitrogens with one attached hydrogen (secondary N) is 1. The summed E-state index contributed by atoms with van der Waals surface area (Å²) >= 11 is 4.69. The lowest BCUT2D eigenvalue weighted by molar-refractivity contribution is -0.114. The molecule has 1 amide bonds. The molecule has 30 heavy (non-hydrogen) atoms. The van der Waals surface area contributed by atoms with Crippen molar-refractivity contribution in [2.24, 2.45) is 0 Å². The van der Waals surface area contributed by atoms with Crippen molar-refractivity contribution in [1.29, 1.82) is 0 Å². The molecular weight excluding hydrogens is 466 g/mol. The molecule has 0 spiro atoms. The minimum Gasteiger partial charge on any atom is -0.326 e. The highest BCUT2D eigenvalue weighted by atomic mass is 79.9. The Balaban J connectivity index is 1.89. The molecule has 0 aliphatic heterocycles. The molecule has 1 heterocycles. The van der Waals surface area contributed by atoms with Gasteiger partial charge in [0.15, 0.2) is 10.9 Å². The second-order valence-corrected chi connectivity index (χ2v) is 9.12. The molecule has 1 N–H and O–H groups in total. The first-order valence-electron chi connectivity index (χ1n) is 9.58. The number of rotatable bonds is 7. The fourth-order valence-electron chi connectivity index (χ4n) is 3.05. The normalized spacial score (nSPS) is 12.0. The first-order valence-corrected chi connectivity index (χ1v) is 11.3. The number of Topliss-reactive ketones (excluding diaryl/α,β-unsaturated/α-hetero) is 1. The standard InChI is InChI=1S/C22H22BrN3O3S/c1-4-11-26-21(29)18-12-16(23)7-10-19(18)25-22(26)30-13(2)20(28)15-5-8-17(9-6-15)24-14(3)27/h5-10,12-13H,4,11H2,1-3H3,(H,24,27). The fourth-order valence-corrected chi connectivity index (χ4v) is 4.42. The fraction of sp³-hybridized carbons (Fsp3) is 0.273. The average Bonchev–Trinajstić information content (AvgIpc) is 2.71. The summed E-state index contributed by atoms with van der Waals surface area (Å²) in [5.41, 5.74) is 1.68. The molecule has 1 unspecified atom stereocenters. The number of carbonyl (C=O) groups is 2. The van der Waals surface area contributed by atoms with E-state index in [2.05, 4.69) is 26.2 Å². The van der Waals surface area contributed by atoms with E-state index in [0.29, 0.717) is 33.9 Å². The van der Waals surface area contributed by atoms with Crippen molar-refractivity contribution >= 4 is 56.0 Å². The maximum absolute atomic E-state index is 13.0. The third-order valence-corrected chi connectivity index (χ3v) is 6.05. The Morgan fingerprint density at radius 1 is 1.20 bits per heavy atom. The van der Waals surface area contributed by atoms with Gasteiger partial charge in [-0.25, -0.2) is 4.98 Å². The summed E-state index contributed by atoms with van der Waals surface area (Å²) in [6.07, 6.45) is 0.779. The second kappa shape index (κ2) is 9.57. The Morgan fingerprint density at radius 2 is 1.90 bits per heavy atom. The van der Waals surface area contributed by atoms with E-state index in [1.807, 2.05) is 19.9 Å². The van der Waals surface area contributed by atoms with Crippen molar-refractivity contribution < 1.29 is 9.59 Å². The number of nitrogens with zero attached hydrogens (tertiary/aromatic N) is 2. The molecule has 0 radical (unpaired) electrons. The van der Waals surface area contributed by atoms with Crippen LogP contribution < -0.4 is 10.9 Å². The molecule has 1 aromatic heterocycles. The lowest BCUT2D eigenvalue weighted by Crippen LogP contribution is -2.25. The highest BCUT2D eigenvalue weighted by Crippen LogP contribution is 2.26. The van der Waals surface area contributed by atoms with Crippen LogP contribution in [0.25, 0.3) is 10.9 Å². The number of amides is 1. The van der Waals surface area contributed by atoms with Gasteiger partial charge in [-0.3, -0.25) is 19.0 Å². The van der Waals surface area contributed by atoms with Crippen LogP contribution in [0, 0.1) is 0 Å². The molecule has 0 saturated carbocycles. The number of anilines is 1. The highest BCUT2D eigenvalue weighted by molar-refractivity contribution is 9.10. The van der Waals surface area contributed by atoms with Crippen molar-refractivity contribution in [3.63, 3.8) is 0 Å². The Bertz CT molecular complexity index is 1160. The number of ketones is 1. The minimum absolute atomic E-state index is 0.0671. The molecule has 3 rings (SSSR count). The van der Waals surface area contributed by atoms with Crippen LogP contribution in [-0.2, 0) is 11.3 Å². The summed E-state index contributed by atoms with van der Waals surface area (Å²) in [5, 5.41) is 3.34. The summed E-state index contributed by atoms with van der Waals surface area (Å²) in [6.45, 7) is 5.77. The Morgan fingerprint density at radius 3 is 2.53 bits per heavy atom. The van der Waals surface area contributed by atoms with E-state index in [4.69, 9.17) is 0 Å². The molecule has 3 aromatic rings. The Kier molecular flexibility index (Phi) is 7.10. The van der Waals surface area contributed by atoms with Crippen LogP contribution >= 0.6 is 27.7 Å².